The Hall–Kier alpha value is -5.00. The Labute approximate surface area is 175 Å². The van der Waals surface area contributed by atoms with Crippen LogP contribution in [0.25, 0.3) is 21.5 Å². The lowest BCUT2D eigenvalue weighted by Crippen LogP contribution is -2.13. The van der Waals surface area contributed by atoms with Crippen LogP contribution in [0.5, 0.6) is 0 Å². The number of carboxylic acids is 6. The van der Waals surface area contributed by atoms with Gasteiger partial charge < -0.3 is 30.6 Å². The van der Waals surface area contributed by atoms with Gasteiger partial charge in [-0.25, -0.2) is 28.8 Å². The summed E-state index contributed by atoms with van der Waals surface area (Å²) < 4.78 is 0. The van der Waals surface area contributed by atoms with Crippen LogP contribution in [0.3, 0.4) is 0 Å². The van der Waals surface area contributed by atoms with Gasteiger partial charge in [0.05, 0.1) is 33.4 Å². The van der Waals surface area contributed by atoms with E-state index < -0.39 is 90.7 Å². The van der Waals surface area contributed by atoms with Gasteiger partial charge >= 0.3 is 35.8 Å². The molecule has 0 saturated heterocycles. The van der Waals surface area contributed by atoms with E-state index in [1.807, 2.05) is 0 Å². The molecule has 6 N–H and O–H groups in total. The van der Waals surface area contributed by atoms with Gasteiger partial charge in [-0.1, -0.05) is 0 Å². The summed E-state index contributed by atoms with van der Waals surface area (Å²) in [5.74, 6) is -10.4. The molecule has 12 nitrogen and oxygen atoms in total. The summed E-state index contributed by atoms with van der Waals surface area (Å²) in [4.78, 5) is 70.2. The zero-order valence-corrected chi connectivity index (χ0v) is 15.4. The van der Waals surface area contributed by atoms with Crippen LogP contribution in [0.4, 0.5) is 0 Å². The Morgan fingerprint density at radius 2 is 0.562 bits per heavy atom. The van der Waals surface area contributed by atoms with E-state index in [2.05, 4.69) is 0 Å². The molecular weight excluding hydrogens is 432 g/mol. The van der Waals surface area contributed by atoms with Crippen LogP contribution in [0.2, 0.25) is 0 Å². The number of benzene rings is 3. The summed E-state index contributed by atoms with van der Waals surface area (Å²) in [5, 5.41) is 54.9. The normalized spacial score (nSPS) is 10.8. The Bertz CT molecular complexity index is 1230. The average Bonchev–Trinajstić information content (AvgIpc) is 2.68. The van der Waals surface area contributed by atoms with Crippen molar-refractivity contribution in [2.45, 2.75) is 0 Å². The molecule has 0 aliphatic carbocycles. The molecule has 0 fully saturated rings. The summed E-state index contributed by atoms with van der Waals surface area (Å²) in [6, 6.07) is 2.67. The third-order valence-electron chi connectivity index (χ3n) is 4.74. The van der Waals surface area contributed by atoms with Crippen molar-refractivity contribution in [2.24, 2.45) is 0 Å². The predicted molar refractivity (Wildman–Crippen MR) is 103 cm³/mol. The summed E-state index contributed by atoms with van der Waals surface area (Å²) in [5.41, 5.74) is -4.77. The molecule has 0 radical (unpaired) electrons. The van der Waals surface area contributed by atoms with Crippen LogP contribution in [-0.2, 0) is 0 Å². The van der Waals surface area contributed by atoms with Gasteiger partial charge in [-0.05, 0) is 45.8 Å². The van der Waals surface area contributed by atoms with Crippen LogP contribution >= 0.6 is 0 Å². The standard InChI is InChI=1S/C20H10O12/c21-15(22)9-1-5-6(2-10(9)16(23)24)14(20(31)32)8-4-12(18(27)28)11(17(25)26)3-7(8)13(5)19(29)30/h1-4H,(H,21,22)(H,23,24)(H,25,26)(H,27,28)(H,29,30)(H,31,32). The maximum absolute atomic E-state index is 12.0. The average molecular weight is 442 g/mol. The topological polar surface area (TPSA) is 224 Å². The van der Waals surface area contributed by atoms with E-state index in [9.17, 15) is 59.4 Å². The predicted octanol–water partition coefficient (Wildman–Crippen LogP) is 2.18. The van der Waals surface area contributed by atoms with E-state index in [1.54, 1.807) is 0 Å². The van der Waals surface area contributed by atoms with Gasteiger partial charge in [-0.15, -0.1) is 0 Å². The molecule has 0 amide bonds. The highest BCUT2D eigenvalue weighted by Gasteiger charge is 2.28. The van der Waals surface area contributed by atoms with Crippen molar-refractivity contribution >= 4 is 57.4 Å². The molecule has 0 aliphatic heterocycles. The first-order valence-electron chi connectivity index (χ1n) is 8.38. The highest BCUT2D eigenvalue weighted by Crippen LogP contribution is 2.36. The number of carboxylic acid groups (broad SMARTS) is 6. The van der Waals surface area contributed by atoms with Crippen molar-refractivity contribution in [1.29, 1.82) is 0 Å². The lowest BCUT2D eigenvalue weighted by atomic mass is 9.87. The number of aromatic carboxylic acids is 6. The van der Waals surface area contributed by atoms with E-state index in [0.29, 0.717) is 24.3 Å². The molecule has 0 spiro atoms. The molecule has 0 bridgehead atoms. The van der Waals surface area contributed by atoms with Gasteiger partial charge in [-0.3, -0.25) is 0 Å². The molecular formula is C20H10O12. The highest BCUT2D eigenvalue weighted by atomic mass is 16.4. The summed E-state index contributed by atoms with van der Waals surface area (Å²) in [6.07, 6.45) is 0. The van der Waals surface area contributed by atoms with E-state index in [-0.39, 0.29) is 0 Å². The second-order valence-corrected chi connectivity index (χ2v) is 6.47. The monoisotopic (exact) mass is 442 g/mol. The largest absolute Gasteiger partial charge is 0.478 e. The van der Waals surface area contributed by atoms with Gasteiger partial charge in [0.25, 0.3) is 0 Å². The zero-order chi connectivity index (χ0) is 24.1. The van der Waals surface area contributed by atoms with E-state index in [4.69, 9.17) is 0 Å². The first-order valence-corrected chi connectivity index (χ1v) is 8.38. The van der Waals surface area contributed by atoms with E-state index in [1.165, 1.54) is 0 Å². The first-order chi connectivity index (χ1) is 14.9. The molecule has 0 heterocycles. The van der Waals surface area contributed by atoms with Crippen molar-refractivity contribution < 1.29 is 59.4 Å². The van der Waals surface area contributed by atoms with Crippen LogP contribution < -0.4 is 0 Å². The van der Waals surface area contributed by atoms with Crippen LogP contribution in [-0.4, -0.2) is 66.5 Å². The van der Waals surface area contributed by atoms with Gasteiger partial charge in [0.1, 0.15) is 0 Å². The number of hydrogen-bond donors (Lipinski definition) is 6. The number of fused-ring (bicyclic) bond motifs is 2. The zero-order valence-electron chi connectivity index (χ0n) is 15.4. The Balaban J connectivity index is 2.77. The number of hydrogen-bond acceptors (Lipinski definition) is 6. The number of rotatable bonds is 6. The fourth-order valence-electron chi connectivity index (χ4n) is 3.49. The second kappa shape index (κ2) is 7.36. The maximum Gasteiger partial charge on any atom is 0.336 e. The van der Waals surface area contributed by atoms with Gasteiger partial charge in [0.2, 0.25) is 0 Å². The molecule has 0 aliphatic rings. The third-order valence-corrected chi connectivity index (χ3v) is 4.74. The molecule has 3 aromatic carbocycles. The second-order valence-electron chi connectivity index (χ2n) is 6.47. The molecule has 3 aromatic rings. The van der Waals surface area contributed by atoms with E-state index >= 15 is 0 Å². The smallest absolute Gasteiger partial charge is 0.336 e. The van der Waals surface area contributed by atoms with Crippen molar-refractivity contribution in [3.05, 3.63) is 57.6 Å². The Kier molecular flexibility index (Phi) is 4.99. The van der Waals surface area contributed by atoms with Gasteiger partial charge in [0.15, 0.2) is 0 Å². The Morgan fingerprint density at radius 1 is 0.375 bits per heavy atom. The minimum absolute atomic E-state index is 0.482. The molecule has 162 valence electrons. The SMILES string of the molecule is O=C(O)c1cc2c(C(=O)O)c3cc(C(=O)O)c(C(=O)O)cc3c(C(=O)O)c2cc1C(=O)O. The van der Waals surface area contributed by atoms with Crippen molar-refractivity contribution in [3.63, 3.8) is 0 Å². The summed E-state index contributed by atoms with van der Waals surface area (Å²) in [6.45, 7) is 0. The van der Waals surface area contributed by atoms with Crippen molar-refractivity contribution in [3.8, 4) is 0 Å². The van der Waals surface area contributed by atoms with Gasteiger partial charge in [-0.2, -0.15) is 0 Å². The minimum atomic E-state index is -1.73. The van der Waals surface area contributed by atoms with Crippen molar-refractivity contribution in [1.82, 2.24) is 0 Å². The Morgan fingerprint density at radius 3 is 0.688 bits per heavy atom. The van der Waals surface area contributed by atoms with Crippen LogP contribution in [0.1, 0.15) is 62.1 Å². The molecule has 32 heavy (non-hydrogen) atoms. The highest BCUT2D eigenvalue weighted by molar-refractivity contribution is 6.26. The van der Waals surface area contributed by atoms with Crippen molar-refractivity contribution in [2.75, 3.05) is 0 Å². The van der Waals surface area contributed by atoms with Crippen LogP contribution in [0.15, 0.2) is 24.3 Å². The van der Waals surface area contributed by atoms with E-state index in [0.717, 1.165) is 0 Å². The first kappa shape index (κ1) is 21.7. The lowest BCUT2D eigenvalue weighted by molar-refractivity contribution is 0.0651. The minimum Gasteiger partial charge on any atom is -0.478 e. The fourth-order valence-corrected chi connectivity index (χ4v) is 3.49. The number of carbonyl (C=O) groups is 6. The molecule has 0 atom stereocenters. The van der Waals surface area contributed by atoms with Gasteiger partial charge in [0, 0.05) is 0 Å². The molecule has 3 rings (SSSR count). The fraction of sp³-hybridized carbons (Fsp3) is 0. The molecule has 0 unspecified atom stereocenters. The lowest BCUT2D eigenvalue weighted by Gasteiger charge is -2.16. The molecule has 0 aromatic heterocycles. The third kappa shape index (κ3) is 3.21. The molecule has 12 heteroatoms. The summed E-state index contributed by atoms with van der Waals surface area (Å²) in [7, 11) is 0. The quantitative estimate of drug-likeness (QED) is 0.302. The maximum atomic E-state index is 12.0. The molecule has 0 saturated carbocycles. The summed E-state index contributed by atoms with van der Waals surface area (Å²) >= 11 is 0. The van der Waals surface area contributed by atoms with Crippen LogP contribution in [0, 0.1) is 0 Å².